The topological polar surface area (TPSA) is 55.8 Å². The van der Waals surface area contributed by atoms with Gasteiger partial charge in [-0.2, -0.15) is 0 Å². The van der Waals surface area contributed by atoms with Crippen LogP contribution in [0.3, 0.4) is 0 Å². The summed E-state index contributed by atoms with van der Waals surface area (Å²) in [4.78, 5) is 27.1. The third kappa shape index (κ3) is 5.48. The van der Waals surface area contributed by atoms with Crippen molar-refractivity contribution in [3.05, 3.63) is 112 Å². The Morgan fingerprint density at radius 3 is 2.50 bits per heavy atom. The number of thioether (sulfide) groups is 1. The Balaban J connectivity index is 1.31. The Kier molecular flexibility index (Phi) is 7.39. The third-order valence-corrected chi connectivity index (χ3v) is 7.12. The van der Waals surface area contributed by atoms with Crippen LogP contribution in [0, 0.1) is 0 Å². The zero-order valence-corrected chi connectivity index (χ0v) is 21.6. The van der Waals surface area contributed by atoms with Gasteiger partial charge >= 0.3 is 0 Å². The van der Waals surface area contributed by atoms with E-state index in [1.54, 1.807) is 6.08 Å². The first-order valence-corrected chi connectivity index (χ1v) is 13.0. The number of carbonyl (C=O) groups excluding carboxylic acids is 2. The van der Waals surface area contributed by atoms with Crippen molar-refractivity contribution in [2.45, 2.75) is 6.61 Å². The zero-order valence-electron chi connectivity index (χ0n) is 19.2. The van der Waals surface area contributed by atoms with Crippen LogP contribution in [0.25, 0.3) is 16.8 Å². The number of hydrogen-bond donors (Lipinski definition) is 0. The van der Waals surface area contributed by atoms with Crippen LogP contribution in [-0.2, 0) is 11.4 Å². The van der Waals surface area contributed by atoms with Gasteiger partial charge in [0.05, 0.1) is 11.4 Å². The van der Waals surface area contributed by atoms with Crippen LogP contribution in [0.1, 0.15) is 11.1 Å². The number of imide groups is 1. The number of halogens is 1. The van der Waals surface area contributed by atoms with Crippen molar-refractivity contribution < 1.29 is 19.1 Å². The van der Waals surface area contributed by atoms with E-state index in [4.69, 9.17) is 9.47 Å². The first-order chi connectivity index (χ1) is 17.6. The summed E-state index contributed by atoms with van der Waals surface area (Å²) in [6.07, 6.45) is 1.71. The van der Waals surface area contributed by atoms with Gasteiger partial charge in [0.2, 0.25) is 0 Å². The fraction of sp³-hybridized carbons (Fsp3) is 0.103. The average molecular weight is 560 g/mol. The maximum Gasteiger partial charge on any atom is 0.293 e. The highest BCUT2D eigenvalue weighted by Crippen LogP contribution is 2.35. The van der Waals surface area contributed by atoms with Crippen LogP contribution in [0.15, 0.2) is 100 Å². The molecule has 0 unspecified atom stereocenters. The monoisotopic (exact) mass is 559 g/mol. The largest absolute Gasteiger partial charge is 0.492 e. The van der Waals surface area contributed by atoms with Gasteiger partial charge in [0, 0.05) is 10.0 Å². The second-order valence-corrected chi connectivity index (χ2v) is 10.0. The molecule has 4 aromatic carbocycles. The normalized spacial score (nSPS) is 14.6. The van der Waals surface area contributed by atoms with Crippen LogP contribution in [-0.4, -0.2) is 29.2 Å². The Morgan fingerprint density at radius 1 is 0.861 bits per heavy atom. The summed E-state index contributed by atoms with van der Waals surface area (Å²) in [6, 6.07) is 29.3. The van der Waals surface area contributed by atoms with Gasteiger partial charge in [-0.15, -0.1) is 0 Å². The number of hydrogen-bond acceptors (Lipinski definition) is 5. The molecule has 4 aromatic rings. The van der Waals surface area contributed by atoms with Crippen LogP contribution >= 0.6 is 27.7 Å². The van der Waals surface area contributed by atoms with Gasteiger partial charge in [-0.25, -0.2) is 0 Å². The molecule has 5 rings (SSSR count). The number of para-hydroxylation sites is 1. The van der Waals surface area contributed by atoms with E-state index in [0.29, 0.717) is 23.0 Å². The number of carbonyl (C=O) groups is 2. The molecule has 1 aliphatic heterocycles. The highest BCUT2D eigenvalue weighted by molar-refractivity contribution is 9.10. The van der Waals surface area contributed by atoms with E-state index in [2.05, 4.69) is 34.1 Å². The minimum Gasteiger partial charge on any atom is -0.492 e. The average Bonchev–Trinajstić information content (AvgIpc) is 3.16. The number of amides is 2. The zero-order chi connectivity index (χ0) is 24.9. The molecule has 0 aliphatic carbocycles. The van der Waals surface area contributed by atoms with Gasteiger partial charge in [0.15, 0.2) is 0 Å². The van der Waals surface area contributed by atoms with E-state index < -0.39 is 0 Å². The Labute approximate surface area is 221 Å². The molecule has 0 bridgehead atoms. The first-order valence-electron chi connectivity index (χ1n) is 11.4. The molecule has 1 heterocycles. The van der Waals surface area contributed by atoms with E-state index in [0.717, 1.165) is 38.1 Å². The molecule has 5 nitrogen and oxygen atoms in total. The summed E-state index contributed by atoms with van der Waals surface area (Å²) >= 11 is 4.42. The summed E-state index contributed by atoms with van der Waals surface area (Å²) in [5.41, 5.74) is 1.79. The van der Waals surface area contributed by atoms with Crippen LogP contribution in [0.5, 0.6) is 11.5 Å². The fourth-order valence-corrected chi connectivity index (χ4v) is 5.18. The minimum absolute atomic E-state index is 0.180. The molecular weight excluding hydrogens is 538 g/mol. The van der Waals surface area contributed by atoms with Crippen molar-refractivity contribution >= 4 is 55.7 Å². The van der Waals surface area contributed by atoms with Gasteiger partial charge in [-0.05, 0) is 64.5 Å². The molecular formula is C29H22BrNO4S. The molecule has 0 saturated carbocycles. The lowest BCUT2D eigenvalue weighted by Crippen LogP contribution is -2.32. The van der Waals surface area contributed by atoms with Gasteiger partial charge in [0.1, 0.15) is 24.7 Å². The smallest absolute Gasteiger partial charge is 0.293 e. The summed E-state index contributed by atoms with van der Waals surface area (Å²) in [7, 11) is 0. The molecule has 7 heteroatoms. The van der Waals surface area contributed by atoms with Crippen molar-refractivity contribution in [2.24, 2.45) is 0 Å². The standard InChI is InChI=1S/C29H22BrNO4S/c30-23-13-14-26(35-19-21-9-6-8-20-7-4-5-12-25(20)21)22(17-23)18-27-28(32)31(29(33)36-27)15-16-34-24-10-2-1-3-11-24/h1-14,17-18H,15-16,19H2/b27-18-. The Morgan fingerprint density at radius 2 is 1.64 bits per heavy atom. The molecule has 0 radical (unpaired) electrons. The fourth-order valence-electron chi connectivity index (χ4n) is 3.94. The molecule has 0 N–H and O–H groups in total. The maximum absolute atomic E-state index is 13.0. The van der Waals surface area contributed by atoms with E-state index in [1.165, 1.54) is 4.90 Å². The quantitative estimate of drug-likeness (QED) is 0.212. The number of fused-ring (bicyclic) bond motifs is 1. The lowest BCUT2D eigenvalue weighted by molar-refractivity contribution is -0.123. The van der Waals surface area contributed by atoms with E-state index in [-0.39, 0.29) is 24.3 Å². The molecule has 0 aromatic heterocycles. The first kappa shape index (κ1) is 24.2. The lowest BCUT2D eigenvalue weighted by atomic mass is 10.1. The van der Waals surface area contributed by atoms with E-state index in [9.17, 15) is 9.59 Å². The van der Waals surface area contributed by atoms with Gasteiger partial charge in [0.25, 0.3) is 11.1 Å². The predicted octanol–water partition coefficient (Wildman–Crippen LogP) is 7.30. The van der Waals surface area contributed by atoms with Gasteiger partial charge in [-0.1, -0.05) is 76.6 Å². The van der Waals surface area contributed by atoms with Crippen LogP contribution in [0.2, 0.25) is 0 Å². The van der Waals surface area contributed by atoms with Crippen LogP contribution < -0.4 is 9.47 Å². The van der Waals surface area contributed by atoms with Crippen molar-refractivity contribution in [1.29, 1.82) is 0 Å². The lowest BCUT2D eigenvalue weighted by Gasteiger charge is -2.13. The molecule has 36 heavy (non-hydrogen) atoms. The summed E-state index contributed by atoms with van der Waals surface area (Å²) in [5, 5.41) is 1.98. The van der Waals surface area contributed by atoms with Gasteiger partial charge in [-0.3, -0.25) is 14.5 Å². The molecule has 2 amide bonds. The van der Waals surface area contributed by atoms with Crippen molar-refractivity contribution in [2.75, 3.05) is 13.2 Å². The number of ether oxygens (including phenoxy) is 2. The highest BCUT2D eigenvalue weighted by Gasteiger charge is 2.35. The number of rotatable bonds is 8. The SMILES string of the molecule is O=C1S/C(=C\c2cc(Br)ccc2OCc2cccc3ccccc23)C(=O)N1CCOc1ccccc1. The predicted molar refractivity (Wildman–Crippen MR) is 147 cm³/mol. The molecule has 0 spiro atoms. The summed E-state index contributed by atoms with van der Waals surface area (Å²) in [6.45, 7) is 0.785. The van der Waals surface area contributed by atoms with E-state index >= 15 is 0 Å². The second kappa shape index (κ2) is 11.0. The Bertz CT molecular complexity index is 1450. The van der Waals surface area contributed by atoms with Gasteiger partial charge < -0.3 is 9.47 Å². The molecule has 1 fully saturated rings. The maximum atomic E-state index is 13.0. The minimum atomic E-state index is -0.332. The second-order valence-electron chi connectivity index (χ2n) is 8.10. The highest BCUT2D eigenvalue weighted by atomic mass is 79.9. The number of benzene rings is 4. The summed E-state index contributed by atoms with van der Waals surface area (Å²) in [5.74, 6) is 0.995. The molecule has 1 saturated heterocycles. The van der Waals surface area contributed by atoms with E-state index in [1.807, 2.05) is 72.8 Å². The van der Waals surface area contributed by atoms with Crippen molar-refractivity contribution in [1.82, 2.24) is 4.90 Å². The summed E-state index contributed by atoms with van der Waals surface area (Å²) < 4.78 is 12.7. The molecule has 180 valence electrons. The Hall–Kier alpha value is -3.55. The van der Waals surface area contributed by atoms with Crippen molar-refractivity contribution in [3.8, 4) is 11.5 Å². The molecule has 1 aliphatic rings. The third-order valence-electron chi connectivity index (χ3n) is 5.72. The molecule has 0 atom stereocenters. The van der Waals surface area contributed by atoms with Crippen LogP contribution in [0.4, 0.5) is 4.79 Å². The number of nitrogens with zero attached hydrogens (tertiary/aromatic N) is 1. The van der Waals surface area contributed by atoms with Crippen molar-refractivity contribution in [3.63, 3.8) is 0 Å².